The number of benzene rings is 7. The Morgan fingerprint density at radius 2 is 0.766 bits per heavy atom. The van der Waals surface area contributed by atoms with E-state index in [9.17, 15) is 0 Å². The van der Waals surface area contributed by atoms with Crippen LogP contribution in [0.25, 0.3) is 89.1 Å². The summed E-state index contributed by atoms with van der Waals surface area (Å²) >= 11 is 0. The predicted molar refractivity (Wildman–Crippen MR) is 192 cm³/mol. The molecule has 47 heavy (non-hydrogen) atoms. The molecule has 4 nitrogen and oxygen atoms in total. The summed E-state index contributed by atoms with van der Waals surface area (Å²) in [6, 6.07) is 56.2. The molecule has 2 aromatic heterocycles. The van der Waals surface area contributed by atoms with Crippen LogP contribution in [0.15, 0.2) is 168 Å². The van der Waals surface area contributed by atoms with Gasteiger partial charge in [0.1, 0.15) is 11.2 Å². The number of nitrogens with zero attached hydrogens (tertiary/aromatic N) is 3. The minimum absolute atomic E-state index is 0.623. The third-order valence-electron chi connectivity index (χ3n) is 8.75. The van der Waals surface area contributed by atoms with Gasteiger partial charge in [0.25, 0.3) is 0 Å². The highest BCUT2D eigenvalue weighted by Gasteiger charge is 2.20. The molecule has 0 bridgehead atoms. The summed E-state index contributed by atoms with van der Waals surface area (Å²) in [4.78, 5) is 15.0. The summed E-state index contributed by atoms with van der Waals surface area (Å²) in [5.74, 6) is 1.90. The van der Waals surface area contributed by atoms with E-state index in [1.54, 1.807) is 0 Å². The number of hydrogen-bond acceptors (Lipinski definition) is 4. The maximum absolute atomic E-state index is 6.79. The van der Waals surface area contributed by atoms with Crippen LogP contribution in [0.2, 0.25) is 0 Å². The van der Waals surface area contributed by atoms with Crippen molar-refractivity contribution in [2.75, 3.05) is 0 Å². The number of hydrogen-bond donors (Lipinski definition) is 0. The highest BCUT2D eigenvalue weighted by atomic mass is 16.3. The Bertz CT molecular complexity index is 2480. The van der Waals surface area contributed by atoms with Crippen LogP contribution in [-0.4, -0.2) is 15.0 Å². The molecule has 0 N–H and O–H groups in total. The molecule has 0 saturated carbocycles. The Labute approximate surface area is 271 Å². The van der Waals surface area contributed by atoms with Crippen molar-refractivity contribution in [1.82, 2.24) is 15.0 Å². The zero-order chi connectivity index (χ0) is 31.2. The van der Waals surface area contributed by atoms with Gasteiger partial charge in [-0.3, -0.25) is 0 Å². The van der Waals surface area contributed by atoms with E-state index >= 15 is 0 Å². The van der Waals surface area contributed by atoms with Crippen LogP contribution in [-0.2, 0) is 0 Å². The van der Waals surface area contributed by atoms with Crippen molar-refractivity contribution in [2.24, 2.45) is 0 Å². The van der Waals surface area contributed by atoms with Crippen LogP contribution in [0.1, 0.15) is 0 Å². The molecule has 2 heterocycles. The molecule has 0 fully saturated rings. The summed E-state index contributed by atoms with van der Waals surface area (Å²) in [6.45, 7) is 0. The highest BCUT2D eigenvalue weighted by Crippen LogP contribution is 2.42. The summed E-state index contributed by atoms with van der Waals surface area (Å²) < 4.78 is 6.79. The normalized spacial score (nSPS) is 11.4. The first-order chi connectivity index (χ1) is 23.3. The number of furan rings is 1. The highest BCUT2D eigenvalue weighted by molar-refractivity contribution is 6.20. The number of para-hydroxylation sites is 1. The zero-order valence-electron chi connectivity index (χ0n) is 25.3. The summed E-state index contributed by atoms with van der Waals surface area (Å²) in [5, 5.41) is 4.12. The van der Waals surface area contributed by atoms with Crippen LogP contribution in [0, 0.1) is 0 Å². The summed E-state index contributed by atoms with van der Waals surface area (Å²) in [7, 11) is 0. The fourth-order valence-corrected chi connectivity index (χ4v) is 6.43. The SMILES string of the molecule is c1ccc(-c2ccc(-c3cccc4c3oc3c5ccccc5c(-c5nc(-c6ccccc6)nc(-c6ccccc6)n5)cc43)cc2)cc1. The molecule has 0 spiro atoms. The van der Waals surface area contributed by atoms with Crippen LogP contribution in [0.4, 0.5) is 0 Å². The van der Waals surface area contributed by atoms with Crippen molar-refractivity contribution in [3.05, 3.63) is 164 Å². The molecule has 0 radical (unpaired) electrons. The topological polar surface area (TPSA) is 51.8 Å². The lowest BCUT2D eigenvalue weighted by atomic mass is 9.97. The third kappa shape index (κ3) is 4.75. The number of aromatic nitrogens is 3. The molecular weight excluding hydrogens is 574 g/mol. The van der Waals surface area contributed by atoms with Gasteiger partial charge in [-0.05, 0) is 28.1 Å². The van der Waals surface area contributed by atoms with Crippen molar-refractivity contribution in [3.8, 4) is 56.4 Å². The lowest BCUT2D eigenvalue weighted by Crippen LogP contribution is -2.00. The molecule has 0 unspecified atom stereocenters. The van der Waals surface area contributed by atoms with Gasteiger partial charge in [-0.25, -0.2) is 15.0 Å². The van der Waals surface area contributed by atoms with E-state index in [4.69, 9.17) is 19.4 Å². The molecule has 220 valence electrons. The molecule has 0 amide bonds. The molecule has 0 saturated heterocycles. The molecule has 0 atom stereocenters. The lowest BCUT2D eigenvalue weighted by molar-refractivity contribution is 0.674. The standard InChI is InChI=1S/C43H27N3O/c1-4-13-28(14-5-1)29-23-25-30(26-24-29)33-21-12-22-36-37-27-38(34-19-10-11-20-35(34)40(37)47-39(33)36)43-45-41(31-15-6-2-7-16-31)44-42(46-43)32-17-8-3-9-18-32/h1-27H. The maximum Gasteiger partial charge on any atom is 0.164 e. The molecule has 0 aliphatic carbocycles. The first-order valence-electron chi connectivity index (χ1n) is 15.7. The number of rotatable bonds is 5. The largest absolute Gasteiger partial charge is 0.455 e. The van der Waals surface area contributed by atoms with E-state index in [1.807, 2.05) is 66.7 Å². The summed E-state index contributed by atoms with van der Waals surface area (Å²) in [5.41, 5.74) is 9.08. The molecule has 4 heteroatoms. The van der Waals surface area contributed by atoms with Crippen LogP contribution < -0.4 is 0 Å². The van der Waals surface area contributed by atoms with E-state index in [2.05, 4.69) is 97.1 Å². The average molecular weight is 602 g/mol. The van der Waals surface area contributed by atoms with Crippen LogP contribution >= 0.6 is 0 Å². The second-order valence-electron chi connectivity index (χ2n) is 11.6. The lowest BCUT2D eigenvalue weighted by Gasteiger charge is -2.11. The Balaban J connectivity index is 1.26. The van der Waals surface area contributed by atoms with Crippen molar-refractivity contribution < 1.29 is 4.42 Å². The molecule has 0 aliphatic heterocycles. The molecule has 0 aliphatic rings. The van der Waals surface area contributed by atoms with Crippen molar-refractivity contribution in [3.63, 3.8) is 0 Å². The van der Waals surface area contributed by atoms with Gasteiger partial charge in [0.05, 0.1) is 0 Å². The Morgan fingerprint density at radius 1 is 0.298 bits per heavy atom. The van der Waals surface area contributed by atoms with Gasteiger partial charge in [0, 0.05) is 38.4 Å². The monoisotopic (exact) mass is 601 g/mol. The molecular formula is C43H27N3O. The predicted octanol–water partition coefficient (Wildman–Crippen LogP) is 11.3. The zero-order valence-corrected chi connectivity index (χ0v) is 25.3. The van der Waals surface area contributed by atoms with E-state index < -0.39 is 0 Å². The number of fused-ring (bicyclic) bond motifs is 5. The van der Waals surface area contributed by atoms with Gasteiger partial charge >= 0.3 is 0 Å². The molecule has 9 rings (SSSR count). The first kappa shape index (κ1) is 27.0. The van der Waals surface area contributed by atoms with E-state index in [0.717, 1.165) is 60.5 Å². The van der Waals surface area contributed by atoms with E-state index in [-0.39, 0.29) is 0 Å². The average Bonchev–Trinajstić information content (AvgIpc) is 3.55. The Morgan fingerprint density at radius 3 is 1.40 bits per heavy atom. The minimum atomic E-state index is 0.623. The molecule has 9 aromatic rings. The minimum Gasteiger partial charge on any atom is -0.455 e. The second-order valence-corrected chi connectivity index (χ2v) is 11.6. The van der Waals surface area contributed by atoms with Crippen molar-refractivity contribution in [1.29, 1.82) is 0 Å². The maximum atomic E-state index is 6.79. The first-order valence-corrected chi connectivity index (χ1v) is 15.7. The van der Waals surface area contributed by atoms with E-state index in [1.165, 1.54) is 11.1 Å². The second kappa shape index (κ2) is 11.2. The Kier molecular flexibility index (Phi) is 6.43. The van der Waals surface area contributed by atoms with Gasteiger partial charge < -0.3 is 4.42 Å². The molecule has 7 aromatic carbocycles. The fourth-order valence-electron chi connectivity index (χ4n) is 6.43. The Hall–Kier alpha value is -6.39. The smallest absolute Gasteiger partial charge is 0.164 e. The third-order valence-corrected chi connectivity index (χ3v) is 8.75. The van der Waals surface area contributed by atoms with Crippen LogP contribution in [0.5, 0.6) is 0 Å². The fraction of sp³-hybridized carbons (Fsp3) is 0. The van der Waals surface area contributed by atoms with E-state index in [0.29, 0.717) is 17.5 Å². The summed E-state index contributed by atoms with van der Waals surface area (Å²) in [6.07, 6.45) is 0. The van der Waals surface area contributed by atoms with Crippen molar-refractivity contribution >= 4 is 32.7 Å². The van der Waals surface area contributed by atoms with Crippen molar-refractivity contribution in [2.45, 2.75) is 0 Å². The van der Waals surface area contributed by atoms with Gasteiger partial charge in [-0.15, -0.1) is 0 Å². The van der Waals surface area contributed by atoms with Gasteiger partial charge in [-0.2, -0.15) is 0 Å². The van der Waals surface area contributed by atoms with Gasteiger partial charge in [0.2, 0.25) is 0 Å². The van der Waals surface area contributed by atoms with Crippen LogP contribution in [0.3, 0.4) is 0 Å². The van der Waals surface area contributed by atoms with Gasteiger partial charge in [-0.1, -0.05) is 158 Å². The van der Waals surface area contributed by atoms with Gasteiger partial charge in [0.15, 0.2) is 17.5 Å². The quantitative estimate of drug-likeness (QED) is 0.197.